The fourth-order valence-corrected chi connectivity index (χ4v) is 4.07. The van der Waals surface area contributed by atoms with Gasteiger partial charge in [-0.15, -0.1) is 11.3 Å². The Bertz CT molecular complexity index is 955. The van der Waals surface area contributed by atoms with E-state index < -0.39 is 0 Å². The summed E-state index contributed by atoms with van der Waals surface area (Å²) >= 11 is 1.60. The summed E-state index contributed by atoms with van der Waals surface area (Å²) in [5.41, 5.74) is 2.90. The van der Waals surface area contributed by atoms with Crippen molar-refractivity contribution in [1.82, 2.24) is 10.3 Å². The van der Waals surface area contributed by atoms with Crippen LogP contribution >= 0.6 is 11.3 Å². The number of thiophene rings is 1. The van der Waals surface area contributed by atoms with Crippen LogP contribution in [-0.4, -0.2) is 29.7 Å². The third kappa shape index (κ3) is 4.18. The highest BCUT2D eigenvalue weighted by Gasteiger charge is 2.23. The van der Waals surface area contributed by atoms with E-state index in [9.17, 15) is 9.18 Å². The fourth-order valence-electron chi connectivity index (χ4n) is 3.24. The zero-order valence-corrected chi connectivity index (χ0v) is 16.0. The summed E-state index contributed by atoms with van der Waals surface area (Å²) in [6.07, 6.45) is 0.752. The summed E-state index contributed by atoms with van der Waals surface area (Å²) in [5.74, 6) is -0.348. The molecule has 4 rings (SSSR count). The van der Waals surface area contributed by atoms with E-state index >= 15 is 0 Å². The summed E-state index contributed by atoms with van der Waals surface area (Å²) in [7, 11) is 0. The average molecular weight is 393 g/mol. The number of benzene rings is 2. The largest absolute Gasteiger partial charge is 0.297 e. The lowest BCUT2D eigenvalue weighted by atomic mass is 10.1. The van der Waals surface area contributed by atoms with Crippen LogP contribution in [0.25, 0.3) is 0 Å². The smallest absolute Gasteiger partial charge is 0.256 e. The van der Waals surface area contributed by atoms with Crippen LogP contribution in [0.2, 0.25) is 0 Å². The Hall–Kier alpha value is -2.83. The highest BCUT2D eigenvalue weighted by molar-refractivity contribution is 7.10. The van der Waals surface area contributed by atoms with Gasteiger partial charge < -0.3 is 0 Å². The van der Waals surface area contributed by atoms with Crippen molar-refractivity contribution in [2.24, 2.45) is 5.10 Å². The van der Waals surface area contributed by atoms with E-state index in [0.29, 0.717) is 6.54 Å². The fraction of sp³-hybridized carbons (Fsp3) is 0.182. The second kappa shape index (κ2) is 8.46. The van der Waals surface area contributed by atoms with E-state index in [-0.39, 0.29) is 24.3 Å². The van der Waals surface area contributed by atoms with Crippen LogP contribution in [0.15, 0.2) is 77.2 Å². The Morgan fingerprint density at radius 2 is 1.89 bits per heavy atom. The van der Waals surface area contributed by atoms with Crippen LogP contribution < -0.4 is 5.32 Å². The van der Waals surface area contributed by atoms with Crippen molar-refractivity contribution in [3.63, 3.8) is 0 Å². The number of amides is 1. The third-order valence-corrected chi connectivity index (χ3v) is 5.62. The van der Waals surface area contributed by atoms with Gasteiger partial charge in [-0.3, -0.25) is 10.1 Å². The molecular formula is C22H20FN3OS. The Labute approximate surface area is 167 Å². The number of hydrogen-bond acceptors (Lipinski definition) is 4. The van der Waals surface area contributed by atoms with Gasteiger partial charge in [-0.2, -0.15) is 5.10 Å². The molecule has 0 aliphatic carbocycles. The van der Waals surface area contributed by atoms with Crippen molar-refractivity contribution in [2.75, 3.05) is 13.1 Å². The molecule has 0 bridgehead atoms. The molecule has 0 saturated heterocycles. The van der Waals surface area contributed by atoms with Gasteiger partial charge >= 0.3 is 0 Å². The Morgan fingerprint density at radius 3 is 2.61 bits per heavy atom. The summed E-state index contributed by atoms with van der Waals surface area (Å²) in [5, 5.41) is 11.3. The van der Waals surface area contributed by atoms with Gasteiger partial charge in [0.2, 0.25) is 0 Å². The molecule has 0 spiro atoms. The van der Waals surface area contributed by atoms with Gasteiger partial charge in [0, 0.05) is 11.3 Å². The lowest BCUT2D eigenvalue weighted by molar-refractivity contribution is -0.129. The Morgan fingerprint density at radius 1 is 1.11 bits per heavy atom. The van der Waals surface area contributed by atoms with Crippen molar-refractivity contribution >= 4 is 23.0 Å². The van der Waals surface area contributed by atoms with E-state index in [1.165, 1.54) is 17.1 Å². The predicted octanol–water partition coefficient (Wildman–Crippen LogP) is 4.20. The van der Waals surface area contributed by atoms with Gasteiger partial charge in [0.1, 0.15) is 5.82 Å². The van der Waals surface area contributed by atoms with E-state index in [1.807, 2.05) is 47.8 Å². The molecule has 1 aromatic heterocycles. The number of carbonyl (C=O) groups excluding carboxylic acids is 1. The molecule has 4 nitrogen and oxygen atoms in total. The number of carbonyl (C=O) groups is 1. The van der Waals surface area contributed by atoms with Crippen LogP contribution in [-0.2, 0) is 4.79 Å². The number of nitrogens with one attached hydrogen (secondary N) is 1. The molecule has 0 radical (unpaired) electrons. The van der Waals surface area contributed by atoms with E-state index in [2.05, 4.69) is 10.4 Å². The van der Waals surface area contributed by atoms with Crippen molar-refractivity contribution in [3.05, 3.63) is 93.9 Å². The third-order valence-electron chi connectivity index (χ3n) is 4.69. The van der Waals surface area contributed by atoms with Crippen LogP contribution in [0.5, 0.6) is 0 Å². The number of hydrazone groups is 1. The molecule has 1 aliphatic rings. The van der Waals surface area contributed by atoms with Gasteiger partial charge in [-0.25, -0.2) is 9.40 Å². The second-order valence-electron chi connectivity index (χ2n) is 6.56. The van der Waals surface area contributed by atoms with Crippen LogP contribution in [0.3, 0.4) is 0 Å². The molecule has 1 atom stereocenters. The summed E-state index contributed by atoms with van der Waals surface area (Å²) < 4.78 is 13.3. The number of hydrogen-bond donors (Lipinski definition) is 1. The molecule has 0 saturated carbocycles. The number of halogens is 1. The first-order valence-electron chi connectivity index (χ1n) is 9.16. The molecule has 28 heavy (non-hydrogen) atoms. The van der Waals surface area contributed by atoms with E-state index in [0.717, 1.165) is 28.1 Å². The minimum atomic E-state index is -0.274. The van der Waals surface area contributed by atoms with Gasteiger partial charge in [0.05, 0.1) is 24.8 Å². The zero-order valence-electron chi connectivity index (χ0n) is 15.2. The van der Waals surface area contributed by atoms with Crippen LogP contribution in [0.1, 0.15) is 28.5 Å². The predicted molar refractivity (Wildman–Crippen MR) is 110 cm³/mol. The minimum absolute atomic E-state index is 0.0744. The molecular weight excluding hydrogens is 373 g/mol. The van der Waals surface area contributed by atoms with Crippen molar-refractivity contribution in [1.29, 1.82) is 0 Å². The average Bonchev–Trinajstić information content (AvgIpc) is 3.42. The van der Waals surface area contributed by atoms with Crippen molar-refractivity contribution in [3.8, 4) is 0 Å². The lowest BCUT2D eigenvalue weighted by Gasteiger charge is -2.19. The maximum Gasteiger partial charge on any atom is 0.256 e. The maximum absolute atomic E-state index is 13.3. The monoisotopic (exact) mass is 393 g/mol. The van der Waals surface area contributed by atoms with E-state index in [4.69, 9.17) is 0 Å². The molecule has 2 heterocycles. The highest BCUT2D eigenvalue weighted by Crippen LogP contribution is 2.26. The highest BCUT2D eigenvalue weighted by atomic mass is 32.1. The van der Waals surface area contributed by atoms with Gasteiger partial charge in [-0.1, -0.05) is 48.5 Å². The Balaban J connectivity index is 1.45. The minimum Gasteiger partial charge on any atom is -0.297 e. The SMILES string of the molecule is O=C(CNC(c1ccc(F)cc1)c1cccs1)N1CCC(c2ccccc2)=N1. The number of nitrogens with zero attached hydrogens (tertiary/aromatic N) is 2. The quantitative estimate of drug-likeness (QED) is 0.682. The maximum atomic E-state index is 13.3. The zero-order chi connectivity index (χ0) is 19.3. The lowest BCUT2D eigenvalue weighted by Crippen LogP contribution is -2.35. The van der Waals surface area contributed by atoms with Crippen molar-refractivity contribution in [2.45, 2.75) is 12.5 Å². The van der Waals surface area contributed by atoms with Crippen LogP contribution in [0.4, 0.5) is 4.39 Å². The standard InChI is InChI=1S/C22H20FN3OS/c23-18-10-8-17(9-11-18)22(20-7-4-14-28-20)24-15-21(27)26-13-12-19(25-26)16-5-2-1-3-6-16/h1-11,14,22,24H,12-13,15H2. The molecule has 1 amide bonds. The molecule has 3 aromatic rings. The summed E-state index contributed by atoms with van der Waals surface area (Å²) in [6, 6.07) is 20.1. The second-order valence-corrected chi connectivity index (χ2v) is 7.54. The first kappa shape index (κ1) is 18.5. The topological polar surface area (TPSA) is 44.7 Å². The molecule has 0 fully saturated rings. The summed E-state index contributed by atoms with van der Waals surface area (Å²) in [4.78, 5) is 13.8. The molecule has 1 unspecified atom stereocenters. The number of rotatable bonds is 6. The van der Waals surface area contributed by atoms with Gasteiger partial charge in [0.15, 0.2) is 0 Å². The summed E-state index contributed by atoms with van der Waals surface area (Å²) in [6.45, 7) is 0.746. The van der Waals surface area contributed by atoms with Gasteiger partial charge in [0.25, 0.3) is 5.91 Å². The molecule has 1 N–H and O–H groups in total. The molecule has 6 heteroatoms. The van der Waals surface area contributed by atoms with E-state index in [1.54, 1.807) is 23.5 Å². The Kier molecular flexibility index (Phi) is 5.60. The molecule has 142 valence electrons. The first-order chi connectivity index (χ1) is 13.7. The molecule has 1 aliphatic heterocycles. The normalized spacial score (nSPS) is 14.8. The molecule has 2 aromatic carbocycles. The van der Waals surface area contributed by atoms with Crippen LogP contribution in [0, 0.1) is 5.82 Å². The van der Waals surface area contributed by atoms with Crippen molar-refractivity contribution < 1.29 is 9.18 Å². The first-order valence-corrected chi connectivity index (χ1v) is 10.0. The van der Waals surface area contributed by atoms with Gasteiger partial charge in [-0.05, 0) is 34.7 Å².